The van der Waals surface area contributed by atoms with Crippen LogP contribution in [0, 0.1) is 0 Å². The van der Waals surface area contributed by atoms with Gasteiger partial charge in [-0.3, -0.25) is 4.79 Å². The number of amides is 1. The largest absolute Gasteiger partial charge is 0.493 e. The third-order valence-electron chi connectivity index (χ3n) is 4.36. The Hall–Kier alpha value is -1.80. The van der Waals surface area contributed by atoms with E-state index in [1.165, 1.54) is 0 Å². The Kier molecular flexibility index (Phi) is 6.66. The fourth-order valence-electron chi connectivity index (χ4n) is 3.07. The molecular formula is C17H26N2O5S. The van der Waals surface area contributed by atoms with Gasteiger partial charge in [0.05, 0.1) is 32.3 Å². The molecule has 1 heterocycles. The van der Waals surface area contributed by atoms with Gasteiger partial charge < -0.3 is 19.7 Å². The highest BCUT2D eigenvalue weighted by molar-refractivity contribution is 7.91. The standard InChI is InChI=1S/C17H26N2O5S/c1-4-19(14-7-8-25(21,22)12-14)17(20)11-18-10-13-5-6-15(23-2)16(9-13)24-3/h5-6,9,14,18H,4,7-8,10-12H2,1-3H3. The van der Waals surface area contributed by atoms with Gasteiger partial charge >= 0.3 is 0 Å². The van der Waals surface area contributed by atoms with Gasteiger partial charge in [0.2, 0.25) is 5.91 Å². The van der Waals surface area contributed by atoms with Gasteiger partial charge in [-0.2, -0.15) is 0 Å². The Bertz CT molecular complexity index is 705. The number of carbonyl (C=O) groups excluding carboxylic acids is 1. The van der Waals surface area contributed by atoms with Crippen molar-refractivity contribution in [2.45, 2.75) is 25.9 Å². The van der Waals surface area contributed by atoms with E-state index >= 15 is 0 Å². The number of rotatable bonds is 8. The first-order valence-electron chi connectivity index (χ1n) is 8.31. The minimum Gasteiger partial charge on any atom is -0.493 e. The van der Waals surface area contributed by atoms with Gasteiger partial charge in [0.25, 0.3) is 0 Å². The van der Waals surface area contributed by atoms with E-state index in [0.29, 0.717) is 31.0 Å². The summed E-state index contributed by atoms with van der Waals surface area (Å²) in [7, 11) is 0.155. The second kappa shape index (κ2) is 8.53. The smallest absolute Gasteiger partial charge is 0.236 e. The van der Waals surface area contributed by atoms with Crippen LogP contribution in [0.2, 0.25) is 0 Å². The Morgan fingerprint density at radius 2 is 2.00 bits per heavy atom. The molecular weight excluding hydrogens is 344 g/mol. The number of hydrogen-bond acceptors (Lipinski definition) is 6. The second-order valence-corrected chi connectivity index (χ2v) is 8.26. The average molecular weight is 370 g/mol. The lowest BCUT2D eigenvalue weighted by molar-refractivity contribution is -0.131. The molecule has 1 amide bonds. The predicted octanol–water partition coefficient (Wildman–Crippen LogP) is 0.829. The number of likely N-dealkylation sites (N-methyl/N-ethyl adjacent to an activating group) is 1. The average Bonchev–Trinajstić information content (AvgIpc) is 2.95. The lowest BCUT2D eigenvalue weighted by Crippen LogP contribution is -2.45. The molecule has 1 aliphatic rings. The second-order valence-electron chi connectivity index (χ2n) is 6.03. The van der Waals surface area contributed by atoms with E-state index in [-0.39, 0.29) is 30.0 Å². The summed E-state index contributed by atoms with van der Waals surface area (Å²) in [5.41, 5.74) is 0.969. The Balaban J connectivity index is 1.89. The summed E-state index contributed by atoms with van der Waals surface area (Å²) in [5.74, 6) is 1.45. The van der Waals surface area contributed by atoms with Gasteiger partial charge in [0.15, 0.2) is 21.3 Å². The summed E-state index contributed by atoms with van der Waals surface area (Å²) in [6.07, 6.45) is 0.525. The number of carbonyl (C=O) groups is 1. The number of benzene rings is 1. The van der Waals surface area contributed by atoms with E-state index in [2.05, 4.69) is 5.32 Å². The van der Waals surface area contributed by atoms with Crippen molar-refractivity contribution in [1.29, 1.82) is 0 Å². The Morgan fingerprint density at radius 3 is 2.56 bits per heavy atom. The molecule has 0 bridgehead atoms. The molecule has 25 heavy (non-hydrogen) atoms. The summed E-state index contributed by atoms with van der Waals surface area (Å²) in [4.78, 5) is 14.1. The summed E-state index contributed by atoms with van der Waals surface area (Å²) in [6.45, 7) is 3.06. The molecule has 0 spiro atoms. The van der Waals surface area contributed by atoms with Crippen LogP contribution in [0.15, 0.2) is 18.2 Å². The molecule has 1 N–H and O–H groups in total. The zero-order valence-electron chi connectivity index (χ0n) is 14.9. The number of nitrogens with zero attached hydrogens (tertiary/aromatic N) is 1. The van der Waals surface area contributed by atoms with Gasteiger partial charge in [-0.05, 0) is 31.0 Å². The van der Waals surface area contributed by atoms with Gasteiger partial charge in [-0.25, -0.2) is 8.42 Å². The highest BCUT2D eigenvalue weighted by Gasteiger charge is 2.33. The number of sulfone groups is 1. The molecule has 1 atom stereocenters. The monoisotopic (exact) mass is 370 g/mol. The van der Waals surface area contributed by atoms with Crippen molar-refractivity contribution in [3.05, 3.63) is 23.8 Å². The molecule has 1 aliphatic heterocycles. The lowest BCUT2D eigenvalue weighted by atomic mass is 10.2. The Labute approximate surface area is 149 Å². The van der Waals surface area contributed by atoms with Crippen LogP contribution in [0.1, 0.15) is 18.9 Å². The van der Waals surface area contributed by atoms with Gasteiger partial charge in [-0.1, -0.05) is 6.07 Å². The molecule has 2 rings (SSSR count). The van der Waals surface area contributed by atoms with Crippen LogP contribution in [-0.2, 0) is 21.2 Å². The van der Waals surface area contributed by atoms with E-state index in [1.807, 2.05) is 25.1 Å². The summed E-state index contributed by atoms with van der Waals surface area (Å²) >= 11 is 0. The van der Waals surface area contributed by atoms with Crippen molar-refractivity contribution in [1.82, 2.24) is 10.2 Å². The lowest BCUT2D eigenvalue weighted by Gasteiger charge is -2.27. The molecule has 1 aromatic carbocycles. The van der Waals surface area contributed by atoms with E-state index < -0.39 is 9.84 Å². The van der Waals surface area contributed by atoms with Crippen molar-refractivity contribution < 1.29 is 22.7 Å². The van der Waals surface area contributed by atoms with Gasteiger partial charge in [0, 0.05) is 19.1 Å². The fraction of sp³-hybridized carbons (Fsp3) is 0.588. The van der Waals surface area contributed by atoms with Crippen LogP contribution in [0.25, 0.3) is 0 Å². The first-order valence-corrected chi connectivity index (χ1v) is 10.1. The summed E-state index contributed by atoms with van der Waals surface area (Å²) in [5, 5.41) is 3.11. The first-order chi connectivity index (χ1) is 11.9. The number of nitrogens with one attached hydrogen (secondary N) is 1. The quantitative estimate of drug-likeness (QED) is 0.730. The zero-order valence-corrected chi connectivity index (χ0v) is 15.8. The SMILES string of the molecule is CCN(C(=O)CNCc1ccc(OC)c(OC)c1)C1CCS(=O)(=O)C1. The van der Waals surface area contributed by atoms with Crippen molar-refractivity contribution in [3.8, 4) is 11.5 Å². The molecule has 0 aliphatic carbocycles. The summed E-state index contributed by atoms with van der Waals surface area (Å²) < 4.78 is 33.7. The topological polar surface area (TPSA) is 84.9 Å². The third-order valence-corrected chi connectivity index (χ3v) is 6.11. The highest BCUT2D eigenvalue weighted by Crippen LogP contribution is 2.27. The molecule has 7 nitrogen and oxygen atoms in total. The van der Waals surface area contributed by atoms with Crippen molar-refractivity contribution >= 4 is 15.7 Å². The van der Waals surface area contributed by atoms with Gasteiger partial charge in [-0.15, -0.1) is 0 Å². The Morgan fingerprint density at radius 1 is 1.28 bits per heavy atom. The minimum absolute atomic E-state index is 0.0717. The van der Waals surface area contributed by atoms with Crippen LogP contribution < -0.4 is 14.8 Å². The fourth-order valence-corrected chi connectivity index (χ4v) is 4.80. The number of methoxy groups -OCH3 is 2. The van der Waals surface area contributed by atoms with Crippen LogP contribution in [-0.4, -0.2) is 64.1 Å². The van der Waals surface area contributed by atoms with Crippen LogP contribution >= 0.6 is 0 Å². The number of hydrogen-bond donors (Lipinski definition) is 1. The summed E-state index contributed by atoms with van der Waals surface area (Å²) in [6, 6.07) is 5.38. The molecule has 0 saturated carbocycles. The van der Waals surface area contributed by atoms with Crippen molar-refractivity contribution in [2.24, 2.45) is 0 Å². The van der Waals surface area contributed by atoms with E-state index in [9.17, 15) is 13.2 Å². The maximum absolute atomic E-state index is 12.4. The third kappa shape index (κ3) is 5.09. The maximum atomic E-state index is 12.4. The molecule has 140 valence electrons. The highest BCUT2D eigenvalue weighted by atomic mass is 32.2. The van der Waals surface area contributed by atoms with Crippen LogP contribution in [0.3, 0.4) is 0 Å². The first kappa shape index (κ1) is 19.5. The molecule has 1 unspecified atom stereocenters. The predicted molar refractivity (Wildman–Crippen MR) is 95.7 cm³/mol. The van der Waals surface area contributed by atoms with E-state index in [4.69, 9.17) is 9.47 Å². The van der Waals surface area contributed by atoms with Crippen molar-refractivity contribution in [2.75, 3.05) is 38.8 Å². The molecule has 1 aromatic rings. The van der Waals surface area contributed by atoms with E-state index in [1.54, 1.807) is 19.1 Å². The van der Waals surface area contributed by atoms with Crippen molar-refractivity contribution in [3.63, 3.8) is 0 Å². The molecule has 1 saturated heterocycles. The minimum atomic E-state index is -3.00. The number of ether oxygens (including phenoxy) is 2. The molecule has 0 aromatic heterocycles. The molecule has 8 heteroatoms. The van der Waals surface area contributed by atoms with E-state index in [0.717, 1.165) is 5.56 Å². The van der Waals surface area contributed by atoms with Crippen LogP contribution in [0.5, 0.6) is 11.5 Å². The molecule has 0 radical (unpaired) electrons. The zero-order chi connectivity index (χ0) is 18.4. The maximum Gasteiger partial charge on any atom is 0.236 e. The molecule has 1 fully saturated rings. The van der Waals surface area contributed by atoms with Crippen LogP contribution in [0.4, 0.5) is 0 Å². The van der Waals surface area contributed by atoms with Gasteiger partial charge in [0.1, 0.15) is 0 Å². The normalized spacial score (nSPS) is 18.8.